The third kappa shape index (κ3) is 34.0. The highest BCUT2D eigenvalue weighted by molar-refractivity contribution is 5.76. The van der Waals surface area contributed by atoms with Crippen molar-refractivity contribution < 1.29 is 15.0 Å². The van der Waals surface area contributed by atoms with E-state index in [1.807, 2.05) is 6.08 Å². The summed E-state index contributed by atoms with van der Waals surface area (Å²) in [5.41, 5.74) is 0. The molecule has 0 aliphatic rings. The van der Waals surface area contributed by atoms with Crippen LogP contribution in [0.25, 0.3) is 0 Å². The Morgan fingerprint density at radius 2 is 0.848 bits per heavy atom. The molecule has 0 spiro atoms. The van der Waals surface area contributed by atoms with Crippen molar-refractivity contribution in [2.24, 2.45) is 0 Å². The van der Waals surface area contributed by atoms with Gasteiger partial charge < -0.3 is 15.5 Å². The van der Waals surface area contributed by atoms with Crippen LogP contribution < -0.4 is 5.32 Å². The first-order valence-corrected chi connectivity index (χ1v) is 20.2. The molecule has 4 nitrogen and oxygen atoms in total. The minimum Gasteiger partial charge on any atom is -0.394 e. The molecule has 46 heavy (non-hydrogen) atoms. The van der Waals surface area contributed by atoms with Gasteiger partial charge in [0.05, 0.1) is 18.8 Å². The normalized spacial score (nSPS) is 13.4. The molecule has 0 aromatic heterocycles. The number of aliphatic hydroxyl groups is 2. The number of hydrogen-bond acceptors (Lipinski definition) is 3. The first-order chi connectivity index (χ1) is 22.7. The van der Waals surface area contributed by atoms with E-state index in [0.29, 0.717) is 6.42 Å². The molecule has 2 atom stereocenters. The zero-order chi connectivity index (χ0) is 33.6. The summed E-state index contributed by atoms with van der Waals surface area (Å²) in [6.45, 7) is 4.29. The lowest BCUT2D eigenvalue weighted by atomic mass is 10.0. The largest absolute Gasteiger partial charge is 0.394 e. The maximum absolute atomic E-state index is 12.3. The zero-order valence-electron chi connectivity index (χ0n) is 30.8. The van der Waals surface area contributed by atoms with Crippen LogP contribution >= 0.6 is 0 Å². The number of carbonyl (C=O) groups excluding carboxylic acids is 1. The lowest BCUT2D eigenvalue weighted by Gasteiger charge is -2.19. The number of allylic oxidation sites excluding steroid dienone is 5. The fourth-order valence-electron chi connectivity index (χ4n) is 5.96. The van der Waals surface area contributed by atoms with E-state index in [4.69, 9.17) is 0 Å². The van der Waals surface area contributed by atoms with E-state index in [9.17, 15) is 15.0 Å². The van der Waals surface area contributed by atoms with Crippen LogP contribution in [-0.2, 0) is 4.79 Å². The Bertz CT molecular complexity index is 701. The van der Waals surface area contributed by atoms with Gasteiger partial charge in [-0.2, -0.15) is 0 Å². The molecule has 0 aliphatic heterocycles. The van der Waals surface area contributed by atoms with Crippen LogP contribution in [0.1, 0.15) is 206 Å². The van der Waals surface area contributed by atoms with Crippen molar-refractivity contribution in [2.45, 2.75) is 219 Å². The van der Waals surface area contributed by atoms with E-state index in [1.165, 1.54) is 148 Å². The Morgan fingerprint density at radius 3 is 1.26 bits per heavy atom. The summed E-state index contributed by atoms with van der Waals surface area (Å²) >= 11 is 0. The van der Waals surface area contributed by atoms with Crippen molar-refractivity contribution in [3.05, 3.63) is 36.5 Å². The van der Waals surface area contributed by atoms with Gasteiger partial charge in [-0.15, -0.1) is 0 Å². The Balaban J connectivity index is 3.64. The lowest BCUT2D eigenvalue weighted by molar-refractivity contribution is -0.122. The third-order valence-electron chi connectivity index (χ3n) is 9.10. The molecule has 0 aliphatic carbocycles. The van der Waals surface area contributed by atoms with Crippen LogP contribution in [0, 0.1) is 0 Å². The predicted octanol–water partition coefficient (Wildman–Crippen LogP) is 12.2. The van der Waals surface area contributed by atoms with Crippen molar-refractivity contribution in [2.75, 3.05) is 6.61 Å². The second-order valence-electron chi connectivity index (χ2n) is 13.7. The highest BCUT2D eigenvalue weighted by Crippen LogP contribution is 2.14. The van der Waals surface area contributed by atoms with Crippen LogP contribution in [0.3, 0.4) is 0 Å². The number of aliphatic hydroxyl groups excluding tert-OH is 2. The molecule has 0 bridgehead atoms. The Hall–Kier alpha value is -1.39. The quantitative estimate of drug-likeness (QED) is 0.0469. The van der Waals surface area contributed by atoms with Gasteiger partial charge in [-0.3, -0.25) is 4.79 Å². The number of nitrogens with one attached hydrogen (secondary N) is 1. The average molecular weight is 646 g/mol. The van der Waals surface area contributed by atoms with Crippen LogP contribution in [0.15, 0.2) is 36.5 Å². The van der Waals surface area contributed by atoms with Gasteiger partial charge in [0.1, 0.15) is 0 Å². The number of amides is 1. The van der Waals surface area contributed by atoms with E-state index < -0.39 is 12.1 Å². The SMILES string of the molecule is CCCCCCCCCCCCC/C=C/[C@@H](O)[C@H](CO)NC(=O)CCC/C=C\CC/C=C\CCCCCCCCCCCCCC. The van der Waals surface area contributed by atoms with Gasteiger partial charge in [0.2, 0.25) is 5.91 Å². The molecule has 4 heteroatoms. The molecular formula is C42H79NO3. The molecule has 0 aromatic rings. The number of carbonyl (C=O) groups is 1. The highest BCUT2D eigenvalue weighted by Gasteiger charge is 2.17. The van der Waals surface area contributed by atoms with Gasteiger partial charge in [-0.1, -0.05) is 185 Å². The molecule has 0 rings (SSSR count). The lowest BCUT2D eigenvalue weighted by Crippen LogP contribution is -2.45. The summed E-state index contributed by atoms with van der Waals surface area (Å²) in [6.07, 6.45) is 49.6. The van der Waals surface area contributed by atoms with Crippen LogP contribution in [0.2, 0.25) is 0 Å². The number of rotatable bonds is 36. The molecule has 3 N–H and O–H groups in total. The van der Waals surface area contributed by atoms with E-state index >= 15 is 0 Å². The average Bonchev–Trinajstić information content (AvgIpc) is 3.06. The first kappa shape index (κ1) is 44.6. The zero-order valence-corrected chi connectivity index (χ0v) is 30.8. The Labute approximate surface area is 287 Å². The van der Waals surface area contributed by atoms with Gasteiger partial charge in [-0.05, 0) is 51.4 Å². The first-order valence-electron chi connectivity index (χ1n) is 20.2. The Kier molecular flexibility index (Phi) is 36.9. The van der Waals surface area contributed by atoms with Crippen LogP contribution in [0.5, 0.6) is 0 Å². The van der Waals surface area contributed by atoms with E-state index in [1.54, 1.807) is 6.08 Å². The van der Waals surface area contributed by atoms with Crippen molar-refractivity contribution in [3.8, 4) is 0 Å². The summed E-state index contributed by atoms with van der Waals surface area (Å²) in [6, 6.07) is -0.640. The summed E-state index contributed by atoms with van der Waals surface area (Å²) in [4.78, 5) is 12.3. The fraction of sp³-hybridized carbons (Fsp3) is 0.833. The predicted molar refractivity (Wildman–Crippen MR) is 202 cm³/mol. The van der Waals surface area contributed by atoms with Crippen molar-refractivity contribution in [3.63, 3.8) is 0 Å². The van der Waals surface area contributed by atoms with Crippen LogP contribution in [-0.4, -0.2) is 34.9 Å². The minimum absolute atomic E-state index is 0.106. The van der Waals surface area contributed by atoms with E-state index in [2.05, 4.69) is 43.5 Å². The van der Waals surface area contributed by atoms with E-state index in [0.717, 1.165) is 38.5 Å². The summed E-state index contributed by atoms with van der Waals surface area (Å²) in [5.74, 6) is -0.106. The third-order valence-corrected chi connectivity index (χ3v) is 9.10. The molecule has 0 fully saturated rings. The van der Waals surface area contributed by atoms with Gasteiger partial charge in [0, 0.05) is 6.42 Å². The molecule has 1 amide bonds. The standard InChI is InChI=1S/C42H79NO3/c1-3-5-7-9-11-13-15-17-18-19-20-21-22-23-24-26-28-30-32-34-36-38-42(46)43-40(39-44)41(45)37-35-33-31-29-27-25-16-14-12-10-8-6-4-2/h23-24,30,32,35,37,40-41,44-45H,3-22,25-29,31,33-34,36,38-39H2,1-2H3,(H,43,46)/b24-23-,32-30-,37-35+/t40-,41+/m0/s1. The van der Waals surface area contributed by atoms with Gasteiger partial charge in [0.15, 0.2) is 0 Å². The molecule has 0 radical (unpaired) electrons. The second kappa shape index (κ2) is 38.1. The smallest absolute Gasteiger partial charge is 0.220 e. The second-order valence-corrected chi connectivity index (χ2v) is 13.7. The monoisotopic (exact) mass is 646 g/mol. The maximum Gasteiger partial charge on any atom is 0.220 e. The molecule has 0 saturated heterocycles. The van der Waals surface area contributed by atoms with Gasteiger partial charge in [-0.25, -0.2) is 0 Å². The van der Waals surface area contributed by atoms with E-state index in [-0.39, 0.29) is 12.5 Å². The molecule has 270 valence electrons. The fourth-order valence-corrected chi connectivity index (χ4v) is 5.96. The molecular weight excluding hydrogens is 566 g/mol. The van der Waals surface area contributed by atoms with Gasteiger partial charge >= 0.3 is 0 Å². The van der Waals surface area contributed by atoms with Crippen molar-refractivity contribution in [1.29, 1.82) is 0 Å². The van der Waals surface area contributed by atoms with Gasteiger partial charge in [0.25, 0.3) is 0 Å². The molecule has 0 unspecified atom stereocenters. The summed E-state index contributed by atoms with van der Waals surface area (Å²) in [5, 5.41) is 22.9. The summed E-state index contributed by atoms with van der Waals surface area (Å²) < 4.78 is 0. The van der Waals surface area contributed by atoms with Crippen molar-refractivity contribution in [1.82, 2.24) is 5.32 Å². The molecule has 0 aromatic carbocycles. The maximum atomic E-state index is 12.3. The molecule has 0 saturated carbocycles. The Morgan fingerprint density at radius 1 is 0.500 bits per heavy atom. The molecule has 0 heterocycles. The van der Waals surface area contributed by atoms with Crippen LogP contribution in [0.4, 0.5) is 0 Å². The number of unbranched alkanes of at least 4 members (excludes halogenated alkanes) is 25. The van der Waals surface area contributed by atoms with Crippen molar-refractivity contribution >= 4 is 5.91 Å². The minimum atomic E-state index is -0.852. The highest BCUT2D eigenvalue weighted by atomic mass is 16.3. The number of hydrogen-bond donors (Lipinski definition) is 3. The summed E-state index contributed by atoms with van der Waals surface area (Å²) in [7, 11) is 0. The topological polar surface area (TPSA) is 69.6 Å².